The van der Waals surface area contributed by atoms with Crippen LogP contribution in [0.2, 0.25) is 5.02 Å². The first kappa shape index (κ1) is 17.0. The van der Waals surface area contributed by atoms with Gasteiger partial charge in [-0.15, -0.1) is 0 Å². The van der Waals surface area contributed by atoms with E-state index in [0.717, 1.165) is 4.90 Å². The number of hydrogen-bond acceptors (Lipinski definition) is 3. The Morgan fingerprint density at radius 3 is 2.44 bits per heavy atom. The molecule has 1 aliphatic heterocycles. The Hall–Kier alpha value is -2.86. The molecule has 4 amide bonds. The molecule has 2 aromatic carbocycles. The highest BCUT2D eigenvalue weighted by atomic mass is 35.5. The lowest BCUT2D eigenvalue weighted by molar-refractivity contribution is -0.133. The van der Waals surface area contributed by atoms with E-state index in [0.29, 0.717) is 16.3 Å². The molecule has 2 aromatic rings. The summed E-state index contributed by atoms with van der Waals surface area (Å²) >= 11 is 6.17. The molecule has 1 fully saturated rings. The lowest BCUT2D eigenvalue weighted by atomic mass is 9.92. The topological polar surface area (TPSA) is 78.5 Å². The van der Waals surface area contributed by atoms with Crippen LogP contribution in [0, 0.1) is 0 Å². The molecule has 25 heavy (non-hydrogen) atoms. The van der Waals surface area contributed by atoms with Crippen LogP contribution in [0.3, 0.4) is 0 Å². The Labute approximate surface area is 149 Å². The smallest absolute Gasteiger partial charge is 0.325 e. The summed E-state index contributed by atoms with van der Waals surface area (Å²) in [4.78, 5) is 38.1. The predicted molar refractivity (Wildman–Crippen MR) is 94.1 cm³/mol. The van der Waals surface area contributed by atoms with Gasteiger partial charge in [0.25, 0.3) is 5.91 Å². The van der Waals surface area contributed by atoms with Crippen LogP contribution in [-0.2, 0) is 15.1 Å². The predicted octanol–water partition coefficient (Wildman–Crippen LogP) is 2.75. The highest BCUT2D eigenvalue weighted by Gasteiger charge is 2.50. The fraction of sp³-hybridized carbons (Fsp3) is 0.167. The van der Waals surface area contributed by atoms with Crippen LogP contribution in [0.5, 0.6) is 0 Å². The summed E-state index contributed by atoms with van der Waals surface area (Å²) in [5, 5.41) is 5.65. The number of carbonyl (C=O) groups excluding carboxylic acids is 3. The highest BCUT2D eigenvalue weighted by molar-refractivity contribution is 6.32. The lowest BCUT2D eigenvalue weighted by Gasteiger charge is -2.23. The van der Waals surface area contributed by atoms with Gasteiger partial charge in [0.1, 0.15) is 12.1 Å². The third-order valence-electron chi connectivity index (χ3n) is 4.05. The molecule has 0 aliphatic carbocycles. The van der Waals surface area contributed by atoms with E-state index >= 15 is 0 Å². The summed E-state index contributed by atoms with van der Waals surface area (Å²) in [5.41, 5.74) is -0.225. The van der Waals surface area contributed by atoms with Gasteiger partial charge in [-0.1, -0.05) is 48.0 Å². The van der Waals surface area contributed by atoms with E-state index < -0.39 is 23.4 Å². The molecular formula is C18H16ClN3O3. The van der Waals surface area contributed by atoms with Gasteiger partial charge in [0.05, 0.1) is 0 Å². The zero-order valence-corrected chi connectivity index (χ0v) is 14.2. The standard InChI is InChI=1S/C18H16ClN3O3/c1-18(13-9-5-6-10-14(13)19)16(24)22(17(25)21-18)11-15(23)20-12-7-3-2-4-8-12/h2-10H,11H2,1H3,(H,20,23)(H,21,25)/t18-/m1/s1. The average molecular weight is 358 g/mol. The highest BCUT2D eigenvalue weighted by Crippen LogP contribution is 2.33. The Kier molecular flexibility index (Phi) is 4.46. The second kappa shape index (κ2) is 6.57. The number of anilines is 1. The molecule has 0 spiro atoms. The fourth-order valence-corrected chi connectivity index (χ4v) is 3.08. The summed E-state index contributed by atoms with van der Waals surface area (Å²) in [6.07, 6.45) is 0. The van der Waals surface area contributed by atoms with Gasteiger partial charge in [-0.2, -0.15) is 0 Å². The van der Waals surface area contributed by atoms with Gasteiger partial charge in [-0.25, -0.2) is 4.79 Å². The molecule has 7 heteroatoms. The zero-order chi connectivity index (χ0) is 18.0. The Balaban J connectivity index is 1.78. The van der Waals surface area contributed by atoms with Gasteiger partial charge in [0.15, 0.2) is 0 Å². The third kappa shape index (κ3) is 3.21. The van der Waals surface area contributed by atoms with E-state index in [1.165, 1.54) is 0 Å². The van der Waals surface area contributed by atoms with Crippen LogP contribution < -0.4 is 10.6 Å². The summed E-state index contributed by atoms with van der Waals surface area (Å²) in [7, 11) is 0. The van der Waals surface area contributed by atoms with Crippen molar-refractivity contribution >= 4 is 35.1 Å². The molecule has 3 rings (SSSR count). The van der Waals surface area contributed by atoms with E-state index in [4.69, 9.17) is 11.6 Å². The average Bonchev–Trinajstić information content (AvgIpc) is 2.80. The van der Waals surface area contributed by atoms with Crippen LogP contribution in [-0.4, -0.2) is 29.3 Å². The third-order valence-corrected chi connectivity index (χ3v) is 4.38. The van der Waals surface area contributed by atoms with E-state index in [1.807, 2.05) is 6.07 Å². The maximum absolute atomic E-state index is 12.8. The number of nitrogens with one attached hydrogen (secondary N) is 2. The second-order valence-electron chi connectivity index (χ2n) is 5.84. The van der Waals surface area contributed by atoms with Gasteiger partial charge in [-0.3, -0.25) is 14.5 Å². The Morgan fingerprint density at radius 1 is 1.12 bits per heavy atom. The van der Waals surface area contributed by atoms with Gasteiger partial charge in [-0.05, 0) is 25.1 Å². The molecule has 1 atom stereocenters. The number of amides is 4. The molecule has 0 aromatic heterocycles. The van der Waals surface area contributed by atoms with Crippen molar-refractivity contribution in [2.24, 2.45) is 0 Å². The van der Waals surface area contributed by atoms with E-state index in [9.17, 15) is 14.4 Å². The van der Waals surface area contributed by atoms with Gasteiger partial charge >= 0.3 is 6.03 Å². The number of nitrogens with zero attached hydrogens (tertiary/aromatic N) is 1. The Morgan fingerprint density at radius 2 is 1.76 bits per heavy atom. The van der Waals surface area contributed by atoms with Crippen LogP contribution >= 0.6 is 11.6 Å². The SMILES string of the molecule is C[C@]1(c2ccccc2Cl)NC(=O)N(CC(=O)Nc2ccccc2)C1=O. The van der Waals surface area contributed by atoms with Crippen LogP contribution in [0.25, 0.3) is 0 Å². The van der Waals surface area contributed by atoms with E-state index in [2.05, 4.69) is 10.6 Å². The lowest BCUT2D eigenvalue weighted by Crippen LogP contribution is -2.42. The normalized spacial score (nSPS) is 19.7. The number of rotatable bonds is 4. The quantitative estimate of drug-likeness (QED) is 0.826. The summed E-state index contributed by atoms with van der Waals surface area (Å²) in [5.74, 6) is -0.980. The maximum atomic E-state index is 12.8. The van der Waals surface area contributed by atoms with Crippen LogP contribution in [0.15, 0.2) is 54.6 Å². The number of urea groups is 1. The summed E-state index contributed by atoms with van der Waals surface area (Å²) < 4.78 is 0. The molecule has 0 radical (unpaired) electrons. The van der Waals surface area contributed by atoms with Gasteiger partial charge in [0.2, 0.25) is 5.91 Å². The first-order valence-electron chi connectivity index (χ1n) is 7.66. The van der Waals surface area contributed by atoms with Gasteiger partial charge < -0.3 is 10.6 Å². The number of benzene rings is 2. The number of carbonyl (C=O) groups is 3. The van der Waals surface area contributed by atoms with Crippen molar-refractivity contribution in [3.63, 3.8) is 0 Å². The monoisotopic (exact) mass is 357 g/mol. The van der Waals surface area contributed by atoms with Crippen molar-refractivity contribution < 1.29 is 14.4 Å². The first-order chi connectivity index (χ1) is 11.9. The molecule has 6 nitrogen and oxygen atoms in total. The minimum Gasteiger partial charge on any atom is -0.325 e. The minimum atomic E-state index is -1.30. The molecule has 0 saturated carbocycles. The molecule has 1 heterocycles. The largest absolute Gasteiger partial charge is 0.325 e. The molecule has 128 valence electrons. The Bertz CT molecular complexity index is 840. The second-order valence-corrected chi connectivity index (χ2v) is 6.25. The zero-order valence-electron chi connectivity index (χ0n) is 13.5. The summed E-state index contributed by atoms with van der Waals surface area (Å²) in [6.45, 7) is 1.20. The van der Waals surface area contributed by atoms with Crippen molar-refractivity contribution in [2.75, 3.05) is 11.9 Å². The first-order valence-corrected chi connectivity index (χ1v) is 8.03. The number of imide groups is 1. The van der Waals surface area contributed by atoms with E-state index in [1.54, 1.807) is 55.5 Å². The van der Waals surface area contributed by atoms with Crippen molar-refractivity contribution in [3.8, 4) is 0 Å². The van der Waals surface area contributed by atoms with Crippen LogP contribution in [0.4, 0.5) is 10.5 Å². The van der Waals surface area contributed by atoms with Gasteiger partial charge in [0, 0.05) is 16.3 Å². The van der Waals surface area contributed by atoms with Crippen molar-refractivity contribution in [1.82, 2.24) is 10.2 Å². The molecule has 1 aliphatic rings. The maximum Gasteiger partial charge on any atom is 0.325 e. The van der Waals surface area contributed by atoms with E-state index in [-0.39, 0.29) is 6.54 Å². The van der Waals surface area contributed by atoms with Crippen molar-refractivity contribution in [3.05, 3.63) is 65.2 Å². The molecule has 1 saturated heterocycles. The number of halogens is 1. The molecule has 0 unspecified atom stereocenters. The molecule has 2 N–H and O–H groups in total. The molecule has 0 bridgehead atoms. The summed E-state index contributed by atoms with van der Waals surface area (Å²) in [6, 6.07) is 15.0. The minimum absolute atomic E-state index is 0.370. The molecular weight excluding hydrogens is 342 g/mol. The van der Waals surface area contributed by atoms with Crippen molar-refractivity contribution in [2.45, 2.75) is 12.5 Å². The number of hydrogen-bond donors (Lipinski definition) is 2. The fourth-order valence-electron chi connectivity index (χ4n) is 2.76. The van der Waals surface area contributed by atoms with Crippen LogP contribution in [0.1, 0.15) is 12.5 Å². The van der Waals surface area contributed by atoms with Crippen molar-refractivity contribution in [1.29, 1.82) is 0 Å². The number of para-hydroxylation sites is 1.